The highest BCUT2D eigenvalue weighted by atomic mass is 35.5. The predicted octanol–water partition coefficient (Wildman–Crippen LogP) is 4.53. The molecule has 0 aliphatic heterocycles. The summed E-state index contributed by atoms with van der Waals surface area (Å²) in [5.74, 6) is -0.704. The van der Waals surface area contributed by atoms with E-state index < -0.39 is 17.8 Å². The van der Waals surface area contributed by atoms with E-state index in [2.05, 4.69) is 10.4 Å². The molecule has 0 fully saturated rings. The summed E-state index contributed by atoms with van der Waals surface area (Å²) in [7, 11) is 1.19. The molecule has 0 aliphatic rings. The Morgan fingerprint density at radius 1 is 1.24 bits per heavy atom. The zero-order chi connectivity index (χ0) is 21.2. The lowest BCUT2D eigenvalue weighted by atomic mass is 10.1. The van der Waals surface area contributed by atoms with E-state index in [-0.39, 0.29) is 28.6 Å². The quantitative estimate of drug-likeness (QED) is 0.588. The van der Waals surface area contributed by atoms with Crippen LogP contribution in [-0.2, 0) is 17.5 Å². The monoisotopic (exact) mass is 424 g/mol. The van der Waals surface area contributed by atoms with Gasteiger partial charge in [0.25, 0.3) is 0 Å². The number of benzene rings is 2. The fraction of sp³-hybridized carbons (Fsp3) is 0.158. The van der Waals surface area contributed by atoms with Gasteiger partial charge < -0.3 is 15.8 Å². The number of nitrogens with two attached hydrogens (primary N) is 1. The van der Waals surface area contributed by atoms with Crippen molar-refractivity contribution in [1.29, 1.82) is 0 Å². The Hall–Kier alpha value is -3.04. The first kappa shape index (κ1) is 20.7. The van der Waals surface area contributed by atoms with Gasteiger partial charge in [-0.15, -0.1) is 0 Å². The number of anilines is 2. The van der Waals surface area contributed by atoms with E-state index in [4.69, 9.17) is 22.1 Å². The van der Waals surface area contributed by atoms with E-state index in [1.54, 1.807) is 24.3 Å². The van der Waals surface area contributed by atoms with Gasteiger partial charge in [0.2, 0.25) is 0 Å². The summed E-state index contributed by atoms with van der Waals surface area (Å²) in [5.41, 5.74) is 5.87. The molecule has 0 saturated heterocycles. The first-order chi connectivity index (χ1) is 13.7. The normalized spacial score (nSPS) is 11.4. The number of rotatable bonds is 5. The van der Waals surface area contributed by atoms with Crippen LogP contribution in [0.3, 0.4) is 0 Å². The SMILES string of the molecule is COC(=O)c1cc(Cl)ccc1Nc1cc(C(F)(F)F)nn1-c1ccccc1CN. The van der Waals surface area contributed by atoms with Crippen molar-refractivity contribution >= 4 is 29.1 Å². The van der Waals surface area contributed by atoms with Gasteiger partial charge in [-0.3, -0.25) is 0 Å². The summed E-state index contributed by atoms with van der Waals surface area (Å²) in [6.07, 6.45) is -4.66. The highest BCUT2D eigenvalue weighted by Gasteiger charge is 2.35. The first-order valence-electron chi connectivity index (χ1n) is 8.35. The van der Waals surface area contributed by atoms with Gasteiger partial charge in [-0.1, -0.05) is 29.8 Å². The highest BCUT2D eigenvalue weighted by molar-refractivity contribution is 6.31. The molecule has 0 aliphatic carbocycles. The summed E-state index contributed by atoms with van der Waals surface area (Å²) < 4.78 is 45.8. The van der Waals surface area contributed by atoms with Crippen molar-refractivity contribution < 1.29 is 22.7 Å². The minimum Gasteiger partial charge on any atom is -0.465 e. The molecule has 2 aromatic carbocycles. The van der Waals surface area contributed by atoms with Crippen LogP contribution >= 0.6 is 11.6 Å². The molecule has 0 radical (unpaired) electrons. The number of aromatic nitrogens is 2. The van der Waals surface area contributed by atoms with Crippen molar-refractivity contribution in [2.24, 2.45) is 5.73 Å². The molecular formula is C19H16ClF3N4O2. The average Bonchev–Trinajstić information content (AvgIpc) is 3.12. The van der Waals surface area contributed by atoms with Crippen LogP contribution in [-0.4, -0.2) is 22.9 Å². The van der Waals surface area contributed by atoms with Crippen LogP contribution in [0.25, 0.3) is 5.69 Å². The van der Waals surface area contributed by atoms with Crippen molar-refractivity contribution in [2.45, 2.75) is 12.7 Å². The second-order valence-electron chi connectivity index (χ2n) is 5.96. The third kappa shape index (κ3) is 4.36. The van der Waals surface area contributed by atoms with Crippen molar-refractivity contribution in [3.63, 3.8) is 0 Å². The van der Waals surface area contributed by atoms with Crippen LogP contribution < -0.4 is 11.1 Å². The van der Waals surface area contributed by atoms with Gasteiger partial charge in [0, 0.05) is 17.6 Å². The maximum atomic E-state index is 13.3. The topological polar surface area (TPSA) is 82.2 Å². The van der Waals surface area contributed by atoms with Crippen molar-refractivity contribution in [1.82, 2.24) is 9.78 Å². The molecule has 0 bridgehead atoms. The highest BCUT2D eigenvalue weighted by Crippen LogP contribution is 2.34. The van der Waals surface area contributed by atoms with Gasteiger partial charge in [-0.25, -0.2) is 9.48 Å². The zero-order valence-electron chi connectivity index (χ0n) is 15.1. The Balaban J connectivity index is 2.15. The number of nitrogens with one attached hydrogen (secondary N) is 1. The largest absolute Gasteiger partial charge is 0.465 e. The summed E-state index contributed by atoms with van der Waals surface area (Å²) >= 11 is 5.94. The fourth-order valence-corrected chi connectivity index (χ4v) is 2.90. The number of nitrogens with zero attached hydrogens (tertiary/aromatic N) is 2. The van der Waals surface area contributed by atoms with Gasteiger partial charge in [-0.2, -0.15) is 18.3 Å². The number of carbonyl (C=O) groups excluding carboxylic acids is 1. The van der Waals surface area contributed by atoms with Crippen LogP contribution in [0.4, 0.5) is 24.7 Å². The summed E-state index contributed by atoms with van der Waals surface area (Å²) in [6.45, 7) is 0.102. The molecule has 0 saturated carbocycles. The Bertz CT molecular complexity index is 1050. The minimum atomic E-state index is -4.66. The smallest absolute Gasteiger partial charge is 0.435 e. The number of methoxy groups -OCH3 is 1. The molecule has 1 heterocycles. The van der Waals surface area contributed by atoms with Gasteiger partial charge in [0.15, 0.2) is 5.69 Å². The van der Waals surface area contributed by atoms with Crippen molar-refractivity contribution in [3.8, 4) is 5.69 Å². The molecule has 152 valence electrons. The molecule has 6 nitrogen and oxygen atoms in total. The lowest BCUT2D eigenvalue weighted by Gasteiger charge is -2.14. The second kappa shape index (κ2) is 8.14. The van der Waals surface area contributed by atoms with Crippen LogP contribution in [0.2, 0.25) is 5.02 Å². The van der Waals surface area contributed by atoms with Crippen molar-refractivity contribution in [2.75, 3.05) is 12.4 Å². The molecular weight excluding hydrogens is 409 g/mol. The molecule has 3 N–H and O–H groups in total. The zero-order valence-corrected chi connectivity index (χ0v) is 15.9. The number of carbonyl (C=O) groups is 1. The van der Waals surface area contributed by atoms with E-state index in [1.807, 2.05) is 0 Å². The van der Waals surface area contributed by atoms with E-state index in [0.717, 1.165) is 10.7 Å². The molecule has 10 heteroatoms. The summed E-state index contributed by atoms with van der Waals surface area (Å²) in [5, 5.41) is 6.80. The maximum absolute atomic E-state index is 13.3. The lowest BCUT2D eigenvalue weighted by Crippen LogP contribution is -2.11. The number of hydrogen-bond donors (Lipinski definition) is 2. The third-order valence-electron chi connectivity index (χ3n) is 4.09. The Morgan fingerprint density at radius 3 is 2.62 bits per heavy atom. The van der Waals surface area contributed by atoms with Crippen molar-refractivity contribution in [3.05, 3.63) is 70.4 Å². The number of para-hydroxylation sites is 1. The van der Waals surface area contributed by atoms with E-state index in [1.165, 1.54) is 25.3 Å². The second-order valence-corrected chi connectivity index (χ2v) is 6.40. The molecule has 3 rings (SSSR count). The van der Waals surface area contributed by atoms with Crippen LogP contribution in [0.1, 0.15) is 21.6 Å². The minimum absolute atomic E-state index is 0.00861. The summed E-state index contributed by atoms with van der Waals surface area (Å²) in [6, 6.07) is 11.8. The Labute approximate surface area is 169 Å². The first-order valence-corrected chi connectivity index (χ1v) is 8.73. The number of ether oxygens (including phenoxy) is 1. The Kier molecular flexibility index (Phi) is 5.81. The molecule has 3 aromatic rings. The van der Waals surface area contributed by atoms with E-state index >= 15 is 0 Å². The van der Waals surface area contributed by atoms with Gasteiger partial charge >= 0.3 is 12.1 Å². The molecule has 0 amide bonds. The molecule has 1 aromatic heterocycles. The number of halogens is 4. The molecule has 29 heavy (non-hydrogen) atoms. The van der Waals surface area contributed by atoms with Gasteiger partial charge in [0.05, 0.1) is 24.0 Å². The maximum Gasteiger partial charge on any atom is 0.435 e. The number of esters is 1. The molecule has 0 spiro atoms. The lowest BCUT2D eigenvalue weighted by molar-refractivity contribution is -0.141. The standard InChI is InChI=1S/C19H16ClF3N4O2/c1-29-18(28)13-8-12(20)6-7-14(13)25-17-9-16(19(21,22)23)26-27(17)15-5-3-2-4-11(15)10-24/h2-9,25H,10,24H2,1H3. The molecule has 0 unspecified atom stereocenters. The molecule has 0 atom stereocenters. The third-order valence-corrected chi connectivity index (χ3v) is 4.32. The van der Waals surface area contributed by atoms with E-state index in [9.17, 15) is 18.0 Å². The van der Waals surface area contributed by atoms with Crippen LogP contribution in [0.15, 0.2) is 48.5 Å². The van der Waals surface area contributed by atoms with Crippen LogP contribution in [0.5, 0.6) is 0 Å². The van der Waals surface area contributed by atoms with Crippen LogP contribution in [0, 0.1) is 0 Å². The predicted molar refractivity (Wildman–Crippen MR) is 103 cm³/mol. The average molecular weight is 425 g/mol. The fourth-order valence-electron chi connectivity index (χ4n) is 2.72. The number of hydrogen-bond acceptors (Lipinski definition) is 5. The Morgan fingerprint density at radius 2 is 1.97 bits per heavy atom. The van der Waals surface area contributed by atoms with E-state index in [0.29, 0.717) is 11.3 Å². The number of alkyl halides is 3. The van der Waals surface area contributed by atoms with Gasteiger partial charge in [-0.05, 0) is 29.8 Å². The summed E-state index contributed by atoms with van der Waals surface area (Å²) in [4.78, 5) is 12.1. The van der Waals surface area contributed by atoms with Gasteiger partial charge in [0.1, 0.15) is 5.82 Å².